The van der Waals surface area contributed by atoms with Crippen molar-refractivity contribution in [3.05, 3.63) is 17.5 Å². The molecular weight excluding hydrogens is 214 g/mol. The maximum Gasteiger partial charge on any atom is 0.150 e. The largest absolute Gasteiger partial charge is 0.360 e. The van der Waals surface area contributed by atoms with Gasteiger partial charge in [-0.15, -0.1) is 0 Å². The van der Waals surface area contributed by atoms with Crippen LogP contribution in [0.5, 0.6) is 0 Å². The molecule has 4 heteroatoms. The number of rotatable bonds is 5. The maximum atomic E-state index is 5.85. The molecule has 2 rings (SSSR count). The molecule has 1 fully saturated rings. The van der Waals surface area contributed by atoms with Gasteiger partial charge in [-0.05, 0) is 38.8 Å². The van der Waals surface area contributed by atoms with Crippen LogP contribution in [0.3, 0.4) is 0 Å². The highest BCUT2D eigenvalue weighted by molar-refractivity contribution is 5.03. The predicted octanol–water partition coefficient (Wildman–Crippen LogP) is 1.93. The molecule has 1 heterocycles. The van der Waals surface area contributed by atoms with Gasteiger partial charge in [-0.25, -0.2) is 0 Å². The van der Waals surface area contributed by atoms with E-state index in [4.69, 9.17) is 10.3 Å². The second-order valence-corrected chi connectivity index (χ2v) is 4.99. The molecule has 0 radical (unpaired) electrons. The minimum atomic E-state index is 0.621. The van der Waals surface area contributed by atoms with Crippen LogP contribution in [0.2, 0.25) is 0 Å². The molecule has 0 spiro atoms. The van der Waals surface area contributed by atoms with Crippen molar-refractivity contribution in [1.29, 1.82) is 0 Å². The zero-order valence-electron chi connectivity index (χ0n) is 10.9. The predicted molar refractivity (Wildman–Crippen MR) is 67.5 cm³/mol. The molecule has 2 atom stereocenters. The van der Waals surface area contributed by atoms with Crippen molar-refractivity contribution in [3.63, 3.8) is 0 Å². The molecule has 0 bridgehead atoms. The fourth-order valence-corrected chi connectivity index (χ4v) is 2.93. The Hall–Kier alpha value is -0.870. The van der Waals surface area contributed by atoms with Gasteiger partial charge >= 0.3 is 0 Å². The Morgan fingerprint density at radius 3 is 2.94 bits per heavy atom. The van der Waals surface area contributed by atoms with Crippen molar-refractivity contribution in [3.8, 4) is 0 Å². The van der Waals surface area contributed by atoms with E-state index in [0.717, 1.165) is 31.1 Å². The van der Waals surface area contributed by atoms with E-state index >= 15 is 0 Å². The lowest BCUT2D eigenvalue weighted by atomic mass is 10.0. The van der Waals surface area contributed by atoms with Gasteiger partial charge in [-0.2, -0.15) is 0 Å². The van der Waals surface area contributed by atoms with Gasteiger partial charge in [0.05, 0.1) is 12.2 Å². The first-order valence-electron chi connectivity index (χ1n) is 6.61. The molecule has 1 aromatic heterocycles. The second-order valence-electron chi connectivity index (χ2n) is 4.99. The molecule has 0 aromatic carbocycles. The summed E-state index contributed by atoms with van der Waals surface area (Å²) in [5, 5.41) is 3.94. The standard InChI is InChI=1S/C13H23N3O/c1-3-16(9-12-7-10(2)15-17-12)13-6-4-5-11(13)8-14/h7,11,13H,3-6,8-9,14H2,1-2H3. The van der Waals surface area contributed by atoms with E-state index in [1.807, 2.05) is 13.0 Å². The van der Waals surface area contributed by atoms with Gasteiger partial charge in [0.25, 0.3) is 0 Å². The highest BCUT2D eigenvalue weighted by Crippen LogP contribution is 2.30. The van der Waals surface area contributed by atoms with Crippen LogP contribution in [-0.2, 0) is 6.54 Å². The molecule has 2 unspecified atom stereocenters. The summed E-state index contributed by atoms with van der Waals surface area (Å²) in [6.07, 6.45) is 3.84. The number of aryl methyl sites for hydroxylation is 1. The lowest BCUT2D eigenvalue weighted by Crippen LogP contribution is -2.39. The lowest BCUT2D eigenvalue weighted by molar-refractivity contribution is 0.146. The van der Waals surface area contributed by atoms with E-state index in [2.05, 4.69) is 17.0 Å². The van der Waals surface area contributed by atoms with Crippen LogP contribution >= 0.6 is 0 Å². The van der Waals surface area contributed by atoms with Gasteiger partial charge in [0.15, 0.2) is 5.76 Å². The highest BCUT2D eigenvalue weighted by atomic mass is 16.5. The summed E-state index contributed by atoms with van der Waals surface area (Å²) in [7, 11) is 0. The molecule has 2 N–H and O–H groups in total. The van der Waals surface area contributed by atoms with Crippen LogP contribution in [-0.4, -0.2) is 29.2 Å². The molecule has 1 aliphatic rings. The Balaban J connectivity index is 2.00. The summed E-state index contributed by atoms with van der Waals surface area (Å²) in [4.78, 5) is 2.48. The lowest BCUT2D eigenvalue weighted by Gasteiger charge is -2.30. The van der Waals surface area contributed by atoms with E-state index in [1.54, 1.807) is 0 Å². The zero-order valence-corrected chi connectivity index (χ0v) is 10.9. The van der Waals surface area contributed by atoms with Crippen molar-refractivity contribution >= 4 is 0 Å². The summed E-state index contributed by atoms with van der Waals surface area (Å²) >= 11 is 0. The van der Waals surface area contributed by atoms with E-state index in [-0.39, 0.29) is 0 Å². The van der Waals surface area contributed by atoms with Gasteiger partial charge in [0, 0.05) is 12.1 Å². The average Bonchev–Trinajstić information content (AvgIpc) is 2.94. The molecule has 1 saturated carbocycles. The van der Waals surface area contributed by atoms with Crippen molar-refractivity contribution in [2.45, 2.75) is 45.7 Å². The molecule has 17 heavy (non-hydrogen) atoms. The zero-order chi connectivity index (χ0) is 12.3. The summed E-state index contributed by atoms with van der Waals surface area (Å²) in [6, 6.07) is 2.64. The third-order valence-corrected chi connectivity index (χ3v) is 3.83. The monoisotopic (exact) mass is 237 g/mol. The van der Waals surface area contributed by atoms with E-state index < -0.39 is 0 Å². The molecular formula is C13H23N3O. The molecule has 1 aliphatic carbocycles. The van der Waals surface area contributed by atoms with Crippen LogP contribution in [0.1, 0.15) is 37.6 Å². The Bertz CT molecular complexity index is 350. The Kier molecular flexibility index (Phi) is 4.18. The fraction of sp³-hybridized carbons (Fsp3) is 0.769. The van der Waals surface area contributed by atoms with Gasteiger partial charge in [0.2, 0.25) is 0 Å². The van der Waals surface area contributed by atoms with Crippen LogP contribution in [0, 0.1) is 12.8 Å². The fourth-order valence-electron chi connectivity index (χ4n) is 2.93. The molecule has 1 aromatic rings. The molecule has 4 nitrogen and oxygen atoms in total. The number of hydrogen-bond donors (Lipinski definition) is 1. The SMILES string of the molecule is CCN(Cc1cc(C)no1)C1CCCC1CN. The van der Waals surface area contributed by atoms with Gasteiger partial charge in [-0.3, -0.25) is 4.90 Å². The third kappa shape index (κ3) is 2.87. The smallest absolute Gasteiger partial charge is 0.150 e. The second kappa shape index (κ2) is 5.65. The van der Waals surface area contributed by atoms with E-state index in [1.165, 1.54) is 19.3 Å². The van der Waals surface area contributed by atoms with Crippen LogP contribution < -0.4 is 5.73 Å². The van der Waals surface area contributed by atoms with Crippen molar-refractivity contribution in [2.24, 2.45) is 11.7 Å². The minimum Gasteiger partial charge on any atom is -0.360 e. The topological polar surface area (TPSA) is 55.3 Å². The van der Waals surface area contributed by atoms with Gasteiger partial charge in [-0.1, -0.05) is 18.5 Å². The summed E-state index contributed by atoms with van der Waals surface area (Å²) in [5.41, 5.74) is 6.81. The minimum absolute atomic E-state index is 0.621. The first-order chi connectivity index (χ1) is 8.24. The van der Waals surface area contributed by atoms with Crippen LogP contribution in [0.15, 0.2) is 10.6 Å². The summed E-state index contributed by atoms with van der Waals surface area (Å²) in [6.45, 7) is 6.87. The Morgan fingerprint density at radius 2 is 2.35 bits per heavy atom. The van der Waals surface area contributed by atoms with Crippen LogP contribution in [0.25, 0.3) is 0 Å². The Labute approximate surface area is 103 Å². The molecule has 0 amide bonds. The summed E-state index contributed by atoms with van der Waals surface area (Å²) in [5.74, 6) is 1.62. The molecule has 0 aliphatic heterocycles. The number of nitrogens with zero attached hydrogens (tertiary/aromatic N) is 2. The number of aromatic nitrogens is 1. The van der Waals surface area contributed by atoms with Gasteiger partial charge < -0.3 is 10.3 Å². The molecule has 0 saturated heterocycles. The number of hydrogen-bond acceptors (Lipinski definition) is 4. The normalized spacial score (nSPS) is 24.7. The third-order valence-electron chi connectivity index (χ3n) is 3.83. The number of nitrogens with two attached hydrogens (primary N) is 1. The van der Waals surface area contributed by atoms with Crippen molar-refractivity contribution in [1.82, 2.24) is 10.1 Å². The van der Waals surface area contributed by atoms with Crippen molar-refractivity contribution in [2.75, 3.05) is 13.1 Å². The molecule has 96 valence electrons. The maximum absolute atomic E-state index is 5.85. The van der Waals surface area contributed by atoms with E-state index in [9.17, 15) is 0 Å². The Morgan fingerprint density at radius 1 is 1.53 bits per heavy atom. The first kappa shape index (κ1) is 12.6. The average molecular weight is 237 g/mol. The van der Waals surface area contributed by atoms with Gasteiger partial charge in [0.1, 0.15) is 0 Å². The summed E-state index contributed by atoms with van der Waals surface area (Å²) < 4.78 is 5.30. The highest BCUT2D eigenvalue weighted by Gasteiger charge is 2.30. The van der Waals surface area contributed by atoms with E-state index in [0.29, 0.717) is 12.0 Å². The first-order valence-corrected chi connectivity index (χ1v) is 6.61. The quantitative estimate of drug-likeness (QED) is 0.850. The van der Waals surface area contributed by atoms with Crippen molar-refractivity contribution < 1.29 is 4.52 Å². The van der Waals surface area contributed by atoms with Crippen LogP contribution in [0.4, 0.5) is 0 Å².